The normalized spacial score (nSPS) is 13.1. The molecular formula is C27H22N2O4S. The number of carboxylic acid groups (broad SMARTS) is 1. The van der Waals surface area contributed by atoms with Crippen LogP contribution in [0, 0.1) is 0 Å². The number of anilines is 1. The van der Waals surface area contributed by atoms with Gasteiger partial charge in [-0.1, -0.05) is 30.3 Å². The summed E-state index contributed by atoms with van der Waals surface area (Å²) in [7, 11) is 0. The summed E-state index contributed by atoms with van der Waals surface area (Å²) in [6.07, 6.45) is 5.64. The first kappa shape index (κ1) is 21.9. The predicted molar refractivity (Wildman–Crippen MR) is 134 cm³/mol. The highest BCUT2D eigenvalue weighted by Gasteiger charge is 2.25. The van der Waals surface area contributed by atoms with Crippen molar-refractivity contribution >= 4 is 40.1 Å². The molecule has 0 spiro atoms. The number of amides is 1. The van der Waals surface area contributed by atoms with E-state index in [4.69, 9.17) is 4.42 Å². The maximum Gasteiger partial charge on any atom is 0.335 e. The van der Waals surface area contributed by atoms with Crippen LogP contribution < -0.4 is 5.32 Å². The van der Waals surface area contributed by atoms with Crippen molar-refractivity contribution in [2.24, 2.45) is 4.99 Å². The zero-order valence-electron chi connectivity index (χ0n) is 18.3. The fourth-order valence-electron chi connectivity index (χ4n) is 4.10. The molecule has 6 nitrogen and oxygen atoms in total. The molecule has 0 radical (unpaired) electrons. The maximum absolute atomic E-state index is 13.2. The number of aryl methyl sites for hydroxylation is 1. The SMILES string of the molecule is O=C(O)c1cccc(-c2ccc(/C=N/c3sc4c(c3C(=O)Nc3ccccc3)CCCC4)o2)c1. The van der Waals surface area contributed by atoms with Crippen LogP contribution in [0.15, 0.2) is 76.1 Å². The van der Waals surface area contributed by atoms with Crippen LogP contribution in [0.3, 0.4) is 0 Å². The van der Waals surface area contributed by atoms with E-state index in [-0.39, 0.29) is 11.5 Å². The number of furan rings is 1. The fourth-order valence-corrected chi connectivity index (χ4v) is 5.33. The zero-order valence-corrected chi connectivity index (χ0v) is 19.1. The lowest BCUT2D eigenvalue weighted by atomic mass is 9.95. The molecule has 2 aromatic heterocycles. The van der Waals surface area contributed by atoms with Crippen LogP contribution in [0.4, 0.5) is 10.7 Å². The zero-order chi connectivity index (χ0) is 23.5. The lowest BCUT2D eigenvalue weighted by molar-refractivity contribution is 0.0696. The summed E-state index contributed by atoms with van der Waals surface area (Å²) >= 11 is 1.56. The van der Waals surface area contributed by atoms with Crippen molar-refractivity contribution < 1.29 is 19.1 Å². The minimum Gasteiger partial charge on any atom is -0.478 e. The van der Waals surface area contributed by atoms with E-state index in [2.05, 4.69) is 10.3 Å². The lowest BCUT2D eigenvalue weighted by Gasteiger charge is -2.12. The van der Waals surface area contributed by atoms with Crippen molar-refractivity contribution in [3.8, 4) is 11.3 Å². The average Bonchev–Trinajstić information content (AvgIpc) is 3.48. The monoisotopic (exact) mass is 470 g/mol. The summed E-state index contributed by atoms with van der Waals surface area (Å²) in [5.74, 6) is -0.0601. The van der Waals surface area contributed by atoms with Gasteiger partial charge < -0.3 is 14.8 Å². The van der Waals surface area contributed by atoms with Crippen molar-refractivity contribution in [3.63, 3.8) is 0 Å². The van der Waals surface area contributed by atoms with E-state index in [1.165, 1.54) is 10.9 Å². The molecule has 1 aliphatic carbocycles. The number of benzene rings is 2. The molecule has 0 aliphatic heterocycles. The number of nitrogens with one attached hydrogen (secondary N) is 1. The van der Waals surface area contributed by atoms with Crippen LogP contribution in [-0.2, 0) is 12.8 Å². The summed E-state index contributed by atoms with van der Waals surface area (Å²) < 4.78 is 5.89. The van der Waals surface area contributed by atoms with Gasteiger partial charge in [0, 0.05) is 16.1 Å². The Kier molecular flexibility index (Phi) is 6.10. The molecule has 2 aromatic carbocycles. The van der Waals surface area contributed by atoms with Crippen LogP contribution in [0.2, 0.25) is 0 Å². The second-order valence-corrected chi connectivity index (χ2v) is 9.14. The Labute approximate surface area is 200 Å². The topological polar surface area (TPSA) is 91.9 Å². The number of carbonyl (C=O) groups excluding carboxylic acids is 1. The fraction of sp³-hybridized carbons (Fsp3) is 0.148. The molecule has 4 aromatic rings. The molecule has 2 heterocycles. The molecular weight excluding hydrogens is 448 g/mol. The standard InChI is InChI=1S/C27H22N2O4S/c30-25(29-19-9-2-1-3-10-19)24-21-11-4-5-12-23(21)34-26(24)28-16-20-13-14-22(33-20)17-7-6-8-18(15-17)27(31)32/h1-3,6-10,13-16H,4-5,11-12H2,(H,29,30)(H,31,32)/b28-16+. The van der Waals surface area contributed by atoms with Crippen molar-refractivity contribution in [1.82, 2.24) is 0 Å². The Balaban J connectivity index is 1.43. The Morgan fingerprint density at radius 2 is 1.82 bits per heavy atom. The van der Waals surface area contributed by atoms with Gasteiger partial charge in [0.2, 0.25) is 0 Å². The highest BCUT2D eigenvalue weighted by Crippen LogP contribution is 2.40. The first-order valence-corrected chi connectivity index (χ1v) is 11.9. The van der Waals surface area contributed by atoms with Gasteiger partial charge in [-0.15, -0.1) is 11.3 Å². The van der Waals surface area contributed by atoms with Gasteiger partial charge in [0.15, 0.2) is 0 Å². The van der Waals surface area contributed by atoms with Crippen molar-refractivity contribution in [2.75, 3.05) is 5.32 Å². The minimum absolute atomic E-state index is 0.150. The van der Waals surface area contributed by atoms with Crippen LogP contribution in [0.1, 0.15) is 49.8 Å². The van der Waals surface area contributed by atoms with E-state index in [9.17, 15) is 14.7 Å². The molecule has 1 amide bonds. The third-order valence-corrected chi connectivity index (χ3v) is 6.94. The first-order valence-electron chi connectivity index (χ1n) is 11.1. The quantitative estimate of drug-likeness (QED) is 0.311. The maximum atomic E-state index is 13.2. The van der Waals surface area contributed by atoms with Gasteiger partial charge in [-0.25, -0.2) is 9.79 Å². The van der Waals surface area contributed by atoms with Crippen molar-refractivity contribution in [2.45, 2.75) is 25.7 Å². The number of hydrogen-bond donors (Lipinski definition) is 2. The largest absolute Gasteiger partial charge is 0.478 e. The summed E-state index contributed by atoms with van der Waals surface area (Å²) in [4.78, 5) is 30.3. The molecule has 5 rings (SSSR count). The first-order chi connectivity index (χ1) is 16.6. The van der Waals surface area contributed by atoms with Crippen molar-refractivity contribution in [3.05, 3.63) is 94.1 Å². The van der Waals surface area contributed by atoms with Crippen LogP contribution in [-0.4, -0.2) is 23.2 Å². The second kappa shape index (κ2) is 9.49. The van der Waals surface area contributed by atoms with E-state index in [0.29, 0.717) is 27.6 Å². The van der Waals surface area contributed by atoms with Gasteiger partial charge in [-0.05, 0) is 67.6 Å². The predicted octanol–water partition coefficient (Wildman–Crippen LogP) is 6.59. The van der Waals surface area contributed by atoms with Gasteiger partial charge in [0.05, 0.1) is 17.3 Å². The lowest BCUT2D eigenvalue weighted by Crippen LogP contribution is -2.14. The van der Waals surface area contributed by atoms with Gasteiger partial charge in [-0.3, -0.25) is 4.79 Å². The second-order valence-electron chi connectivity index (χ2n) is 8.06. The highest BCUT2D eigenvalue weighted by molar-refractivity contribution is 7.16. The van der Waals surface area contributed by atoms with Gasteiger partial charge in [0.25, 0.3) is 5.91 Å². The molecule has 1 aliphatic rings. The Hall–Kier alpha value is -3.97. The van der Waals surface area contributed by atoms with Crippen LogP contribution >= 0.6 is 11.3 Å². The van der Waals surface area contributed by atoms with Crippen molar-refractivity contribution in [1.29, 1.82) is 0 Å². The third-order valence-electron chi connectivity index (χ3n) is 5.74. The number of thiophene rings is 1. The van der Waals surface area contributed by atoms with Gasteiger partial charge >= 0.3 is 5.97 Å². The summed E-state index contributed by atoms with van der Waals surface area (Å²) in [5.41, 5.74) is 3.36. The summed E-state index contributed by atoms with van der Waals surface area (Å²) in [5, 5.41) is 12.9. The molecule has 0 bridgehead atoms. The van der Waals surface area contributed by atoms with E-state index < -0.39 is 5.97 Å². The summed E-state index contributed by atoms with van der Waals surface area (Å²) in [6.45, 7) is 0. The van der Waals surface area contributed by atoms with Gasteiger partial charge in [-0.2, -0.15) is 0 Å². The summed E-state index contributed by atoms with van der Waals surface area (Å²) in [6, 6.07) is 19.6. The number of fused-ring (bicyclic) bond motifs is 1. The number of carbonyl (C=O) groups is 2. The smallest absolute Gasteiger partial charge is 0.335 e. The number of hydrogen-bond acceptors (Lipinski definition) is 5. The van der Waals surface area contributed by atoms with E-state index in [1.54, 1.807) is 47.9 Å². The molecule has 7 heteroatoms. The Morgan fingerprint density at radius 3 is 2.65 bits per heavy atom. The third kappa shape index (κ3) is 4.56. The molecule has 0 fully saturated rings. The molecule has 0 atom stereocenters. The number of para-hydroxylation sites is 1. The Morgan fingerprint density at radius 1 is 1.00 bits per heavy atom. The number of aromatic carboxylic acids is 1. The van der Waals surface area contributed by atoms with E-state index in [1.807, 2.05) is 30.3 Å². The molecule has 0 unspecified atom stereocenters. The molecule has 0 saturated heterocycles. The average molecular weight is 471 g/mol. The molecule has 0 saturated carbocycles. The number of rotatable bonds is 6. The van der Waals surface area contributed by atoms with Gasteiger partial charge in [0.1, 0.15) is 16.5 Å². The Bertz CT molecular complexity index is 1380. The number of carboxylic acids is 1. The van der Waals surface area contributed by atoms with Crippen LogP contribution in [0.25, 0.3) is 11.3 Å². The molecule has 34 heavy (non-hydrogen) atoms. The molecule has 170 valence electrons. The molecule has 2 N–H and O–H groups in total. The van der Waals surface area contributed by atoms with E-state index in [0.717, 1.165) is 36.9 Å². The highest BCUT2D eigenvalue weighted by atomic mass is 32.1. The number of aliphatic imine (C=N–C) groups is 1. The number of nitrogens with zero attached hydrogens (tertiary/aromatic N) is 1. The minimum atomic E-state index is -0.988. The van der Waals surface area contributed by atoms with Crippen LogP contribution in [0.5, 0.6) is 0 Å². The van der Waals surface area contributed by atoms with E-state index >= 15 is 0 Å².